The number of nitrogens with zero attached hydrogens (tertiary/aromatic N) is 6. The number of urea groups is 1. The minimum Gasteiger partial charge on any atom is -0.497 e. The Bertz CT molecular complexity index is 2060. The molecule has 0 radical (unpaired) electrons. The van der Waals surface area contributed by atoms with Gasteiger partial charge in [-0.15, -0.1) is 0 Å². The summed E-state index contributed by atoms with van der Waals surface area (Å²) in [6, 6.07) is 14.2. The summed E-state index contributed by atoms with van der Waals surface area (Å²) in [5.41, 5.74) is -1.86. The van der Waals surface area contributed by atoms with Crippen LogP contribution in [0.1, 0.15) is 42.4 Å². The fraction of sp³-hybridized carbons (Fsp3) is 0.474. The highest BCUT2D eigenvalue weighted by atomic mass is 32.2. The number of pyridine rings is 1. The summed E-state index contributed by atoms with van der Waals surface area (Å²) in [5.74, 6) is -0.712. The number of amides is 3. The number of fused-ring (bicyclic) bond motifs is 1. The molecule has 0 aliphatic carbocycles. The van der Waals surface area contributed by atoms with Gasteiger partial charge in [0, 0.05) is 75.3 Å². The second-order valence-corrected chi connectivity index (χ2v) is 15.8. The number of carbonyl (C=O) groups excluding carboxylic acids is 2. The number of ether oxygens (including phenoxy) is 4. The van der Waals surface area contributed by atoms with Crippen LogP contribution in [0.4, 0.5) is 10.5 Å². The molecule has 1 atom stereocenters. The molecule has 16 heteroatoms. The van der Waals surface area contributed by atoms with Crippen LogP contribution in [0.2, 0.25) is 0 Å². The van der Waals surface area contributed by atoms with E-state index in [2.05, 4.69) is 33.2 Å². The van der Waals surface area contributed by atoms with E-state index in [9.17, 15) is 18.5 Å². The zero-order valence-electron chi connectivity index (χ0n) is 30.9. The van der Waals surface area contributed by atoms with Gasteiger partial charge in [-0.3, -0.25) is 9.69 Å². The van der Waals surface area contributed by atoms with Gasteiger partial charge in [-0.1, -0.05) is 0 Å². The Balaban J connectivity index is 1.19. The van der Waals surface area contributed by atoms with Crippen LogP contribution < -0.4 is 23.8 Å². The second-order valence-electron chi connectivity index (χ2n) is 14.0. The predicted octanol–water partition coefficient (Wildman–Crippen LogP) is 2.93. The van der Waals surface area contributed by atoms with Gasteiger partial charge in [0.25, 0.3) is 15.9 Å². The first-order chi connectivity index (χ1) is 26.1. The van der Waals surface area contributed by atoms with E-state index in [1.54, 1.807) is 17.0 Å². The van der Waals surface area contributed by atoms with E-state index in [-0.39, 0.29) is 44.9 Å². The first-order valence-electron chi connectivity index (χ1n) is 18.0. The number of nitriles is 1. The number of anilines is 1. The zero-order chi connectivity index (χ0) is 38.2. The first-order valence-corrected chi connectivity index (χ1v) is 19.5. The van der Waals surface area contributed by atoms with Crippen LogP contribution in [0.25, 0.3) is 0 Å². The van der Waals surface area contributed by atoms with Gasteiger partial charge in [-0.2, -0.15) is 9.57 Å². The Kier molecular flexibility index (Phi) is 10.4. The Morgan fingerprint density at radius 1 is 0.981 bits per heavy atom. The summed E-state index contributed by atoms with van der Waals surface area (Å²) >= 11 is 0. The Hall–Kier alpha value is -4.95. The van der Waals surface area contributed by atoms with Crippen LogP contribution in [0.15, 0.2) is 59.6 Å². The van der Waals surface area contributed by atoms with E-state index in [0.29, 0.717) is 35.2 Å². The zero-order valence-corrected chi connectivity index (χ0v) is 31.7. The topological polar surface area (TPSA) is 167 Å². The molecule has 5 heterocycles. The molecule has 15 nitrogen and oxygen atoms in total. The molecule has 3 fully saturated rings. The van der Waals surface area contributed by atoms with Gasteiger partial charge >= 0.3 is 6.03 Å². The average molecular weight is 760 g/mol. The van der Waals surface area contributed by atoms with Crippen molar-refractivity contribution in [1.29, 1.82) is 5.26 Å². The second kappa shape index (κ2) is 15.1. The van der Waals surface area contributed by atoms with Crippen LogP contribution >= 0.6 is 0 Å². The van der Waals surface area contributed by atoms with Gasteiger partial charge in [0.05, 0.1) is 44.2 Å². The highest BCUT2D eigenvalue weighted by Gasteiger charge is 2.59. The highest BCUT2D eigenvalue weighted by molar-refractivity contribution is 7.93. The van der Waals surface area contributed by atoms with E-state index in [0.717, 1.165) is 52.0 Å². The Labute approximate surface area is 315 Å². The van der Waals surface area contributed by atoms with Crippen molar-refractivity contribution in [3.8, 4) is 23.4 Å². The monoisotopic (exact) mass is 759 g/mol. The molecule has 3 amide bonds. The predicted molar refractivity (Wildman–Crippen MR) is 197 cm³/mol. The average Bonchev–Trinajstić information content (AvgIpc) is 3.44. The van der Waals surface area contributed by atoms with E-state index < -0.39 is 27.5 Å². The van der Waals surface area contributed by atoms with Gasteiger partial charge in [0.15, 0.2) is 5.54 Å². The number of rotatable bonds is 10. The molecule has 1 N–H and O–H groups in total. The van der Waals surface area contributed by atoms with Crippen LogP contribution in [-0.2, 0) is 25.1 Å². The van der Waals surface area contributed by atoms with Crippen molar-refractivity contribution in [2.24, 2.45) is 0 Å². The summed E-state index contributed by atoms with van der Waals surface area (Å²) in [7, 11) is 1.64. The molecule has 0 unspecified atom stereocenters. The van der Waals surface area contributed by atoms with Crippen molar-refractivity contribution in [2.45, 2.75) is 54.2 Å². The van der Waals surface area contributed by atoms with Crippen molar-refractivity contribution in [1.82, 2.24) is 25.0 Å². The summed E-state index contributed by atoms with van der Waals surface area (Å²) in [6.45, 7) is 4.31. The molecule has 1 aromatic heterocycles. The van der Waals surface area contributed by atoms with Gasteiger partial charge in [0.2, 0.25) is 5.88 Å². The fourth-order valence-electron chi connectivity index (χ4n) is 8.21. The lowest BCUT2D eigenvalue weighted by atomic mass is 9.83. The molecule has 3 aromatic rings. The van der Waals surface area contributed by atoms with Crippen LogP contribution in [0.5, 0.6) is 17.4 Å². The SMILES string of the molecule is COc1ccc(S(=O)(=O)N2C(=O)[C@@](NC(=O)N3CC(N4CCC(N(C)C5CCOCC5)CC4)C3)(c3cccnc3OC)c3cc(C#N)ccc32)c(OC)c1. The number of nitrogens with one attached hydrogen (secondary N) is 1. The van der Waals surface area contributed by atoms with Crippen LogP contribution in [0, 0.1) is 11.3 Å². The molecule has 7 rings (SSSR count). The molecule has 4 aliphatic rings. The van der Waals surface area contributed by atoms with Crippen molar-refractivity contribution in [2.75, 3.05) is 72.1 Å². The largest absolute Gasteiger partial charge is 0.497 e. The van der Waals surface area contributed by atoms with Crippen LogP contribution in [0.3, 0.4) is 0 Å². The third kappa shape index (κ3) is 6.38. The minimum atomic E-state index is -4.70. The number of benzene rings is 2. The lowest BCUT2D eigenvalue weighted by Gasteiger charge is -2.49. The van der Waals surface area contributed by atoms with E-state index in [1.807, 2.05) is 0 Å². The summed E-state index contributed by atoms with van der Waals surface area (Å²) < 4.78 is 51.7. The number of likely N-dealkylation sites (tertiary alicyclic amines) is 2. The van der Waals surface area contributed by atoms with Crippen molar-refractivity contribution < 1.29 is 37.0 Å². The van der Waals surface area contributed by atoms with Crippen molar-refractivity contribution in [3.63, 3.8) is 0 Å². The summed E-state index contributed by atoms with van der Waals surface area (Å²) in [4.78, 5) is 40.0. The van der Waals surface area contributed by atoms with Gasteiger partial charge in [-0.25, -0.2) is 18.2 Å². The first kappa shape index (κ1) is 37.4. The summed E-state index contributed by atoms with van der Waals surface area (Å²) in [6.07, 6.45) is 5.65. The normalized spacial score (nSPS) is 21.4. The summed E-state index contributed by atoms with van der Waals surface area (Å²) in [5, 5.41) is 12.9. The maximum atomic E-state index is 15.1. The van der Waals surface area contributed by atoms with Crippen molar-refractivity contribution in [3.05, 3.63) is 71.4 Å². The van der Waals surface area contributed by atoms with Gasteiger partial charge in [0.1, 0.15) is 16.4 Å². The molecule has 0 bridgehead atoms. The maximum Gasteiger partial charge on any atom is 0.318 e. The lowest BCUT2D eigenvalue weighted by Crippen LogP contribution is -2.67. The molecule has 286 valence electrons. The Morgan fingerprint density at radius 2 is 1.70 bits per heavy atom. The van der Waals surface area contributed by atoms with Gasteiger partial charge in [-0.05, 0) is 75.2 Å². The molecule has 0 spiro atoms. The van der Waals surface area contributed by atoms with Crippen molar-refractivity contribution >= 4 is 27.6 Å². The number of sulfonamides is 1. The standard InChI is InChI=1S/C38H45N7O8S/c1-42(27-13-18-53-19-14-27)26-11-16-43(17-12-26)28-23-44(24-28)37(47)41-38(30-6-5-15-40-35(30)52-4)31-20-25(22-39)7-9-32(31)45(36(38)46)54(48,49)34-10-8-29(50-2)21-33(34)51-3/h5-10,15,20-21,26-28H,11-14,16-19,23-24H2,1-4H3,(H,41,47)/t38-/m1/s1. The lowest BCUT2D eigenvalue weighted by molar-refractivity contribution is -0.121. The van der Waals surface area contributed by atoms with E-state index >= 15 is 4.79 Å². The molecule has 4 aliphatic heterocycles. The third-order valence-electron chi connectivity index (χ3n) is 11.3. The van der Waals surface area contributed by atoms with E-state index in [1.165, 1.54) is 63.9 Å². The van der Waals surface area contributed by atoms with Crippen LogP contribution in [-0.4, -0.2) is 126 Å². The molecule has 54 heavy (non-hydrogen) atoms. The smallest absolute Gasteiger partial charge is 0.318 e. The third-order valence-corrected chi connectivity index (χ3v) is 13.0. The molecule has 3 saturated heterocycles. The number of hydrogen-bond donors (Lipinski definition) is 1. The molecule has 2 aromatic carbocycles. The molecular formula is C38H45N7O8S. The number of carbonyl (C=O) groups is 2. The number of hydrogen-bond acceptors (Lipinski definition) is 12. The maximum absolute atomic E-state index is 15.1. The van der Waals surface area contributed by atoms with Gasteiger partial charge < -0.3 is 34.1 Å². The molecule has 0 saturated carbocycles. The number of piperidine rings is 1. The number of methoxy groups -OCH3 is 3. The fourth-order valence-corrected chi connectivity index (χ4v) is 9.82. The van der Waals surface area contributed by atoms with E-state index in [4.69, 9.17) is 18.9 Å². The molecular weight excluding hydrogens is 715 g/mol. The number of aromatic nitrogens is 1. The Morgan fingerprint density at radius 3 is 2.37 bits per heavy atom. The highest BCUT2D eigenvalue weighted by Crippen LogP contribution is 2.50. The quantitative estimate of drug-likeness (QED) is 0.322. The minimum absolute atomic E-state index is 0.00388.